The zero-order valence-corrected chi connectivity index (χ0v) is 48.0. The van der Waals surface area contributed by atoms with E-state index >= 15 is 0 Å². The maximum absolute atomic E-state index is 8.88. The number of furan rings is 1. The average molecular weight is 991 g/mol. The topological polar surface area (TPSA) is 31.6 Å². The van der Waals surface area contributed by atoms with Crippen LogP contribution in [0.25, 0.3) is 11.0 Å². The third-order valence-electron chi connectivity index (χ3n) is 16.2. The number of fused-ring (bicyclic) bond motifs is 5. The highest BCUT2D eigenvalue weighted by Gasteiger charge is 2.48. The summed E-state index contributed by atoms with van der Waals surface area (Å²) in [5, 5.41) is 5.34. The van der Waals surface area contributed by atoms with Gasteiger partial charge in [-0.25, -0.2) is 0 Å². The largest absolute Gasteiger partial charge is 0.468 e. The molecule has 1 aliphatic heterocycles. The summed E-state index contributed by atoms with van der Waals surface area (Å²) in [7, 11) is 0. The zero-order chi connectivity index (χ0) is 56.5. The third-order valence-corrected chi connectivity index (χ3v) is 16.2. The first-order chi connectivity index (χ1) is 36.3. The first-order valence-corrected chi connectivity index (χ1v) is 27.6. The van der Waals surface area contributed by atoms with Crippen molar-refractivity contribution in [2.24, 2.45) is 22.2 Å². The van der Waals surface area contributed by atoms with Gasteiger partial charge >= 0.3 is 0 Å². The molecular formula is C69H90BN3O. The molecular weight excluding hydrogens is 898 g/mol. The smallest absolute Gasteiger partial charge is 0.290 e. The fourth-order valence-electron chi connectivity index (χ4n) is 12.1. The van der Waals surface area contributed by atoms with Gasteiger partial charge in [0.25, 0.3) is 6.71 Å². The van der Waals surface area contributed by atoms with Crippen molar-refractivity contribution >= 4 is 29.0 Å². The second kappa shape index (κ2) is 22.5. The molecule has 0 radical (unpaired) electrons. The highest BCUT2D eigenvalue weighted by atomic mass is 16.3. The van der Waals surface area contributed by atoms with E-state index in [1.165, 1.54) is 45.0 Å². The Morgan fingerprint density at radius 1 is 0.838 bits per heavy atom. The predicted molar refractivity (Wildman–Crippen MR) is 324 cm³/mol. The number of anilines is 1. The van der Waals surface area contributed by atoms with Crippen LogP contribution in [0.4, 0.5) is 5.69 Å². The summed E-state index contributed by atoms with van der Waals surface area (Å²) >= 11 is 0. The highest BCUT2D eigenvalue weighted by molar-refractivity contribution is 6.88. The number of rotatable bonds is 14. The minimum Gasteiger partial charge on any atom is -0.468 e. The van der Waals surface area contributed by atoms with Crippen molar-refractivity contribution in [1.29, 1.82) is 0 Å². The van der Waals surface area contributed by atoms with Crippen molar-refractivity contribution in [1.82, 2.24) is 10.2 Å². The fourth-order valence-corrected chi connectivity index (χ4v) is 12.1. The van der Waals surface area contributed by atoms with Crippen molar-refractivity contribution in [3.63, 3.8) is 0 Å². The van der Waals surface area contributed by atoms with Gasteiger partial charge < -0.3 is 19.5 Å². The van der Waals surface area contributed by atoms with Crippen LogP contribution in [-0.2, 0) is 0 Å². The van der Waals surface area contributed by atoms with Crippen LogP contribution >= 0.6 is 0 Å². The Kier molecular flexibility index (Phi) is 15.7. The molecule has 4 aliphatic carbocycles. The maximum Gasteiger partial charge on any atom is 0.290 e. The lowest BCUT2D eigenvalue weighted by Gasteiger charge is -2.45. The van der Waals surface area contributed by atoms with E-state index in [1.54, 1.807) is 6.08 Å². The molecule has 4 nitrogen and oxygen atoms in total. The SMILES string of the molecule is [2H]C([2H])([2H])/C(C=C)=C(/C=C)N(C1=CC(NC2=C(C3=CC=CCC3)CC(C(C)(C)C)C=C2)=C2B(C(/C=C\C)=C/C)c3oc4cc5c(cc4c3N(/C=C/C(=C(\C=C)C(C)(C)C)C(C)(C)C)C2C1)C(C)CCC5C)C(/C=C\C)=C/C. The van der Waals surface area contributed by atoms with Gasteiger partial charge in [-0.1, -0.05) is 168 Å². The van der Waals surface area contributed by atoms with E-state index in [0.717, 1.165) is 82.7 Å². The molecule has 0 saturated carbocycles. The third kappa shape index (κ3) is 11.1. The fraction of sp³-hybridized carbons (Fsp3) is 0.420. The molecule has 4 unspecified atom stereocenters. The van der Waals surface area contributed by atoms with Gasteiger partial charge in [-0.15, -0.1) is 0 Å². The van der Waals surface area contributed by atoms with Crippen LogP contribution in [0.5, 0.6) is 0 Å². The van der Waals surface area contributed by atoms with Gasteiger partial charge in [0.05, 0.1) is 17.4 Å². The molecule has 1 N–H and O–H groups in total. The number of nitrogens with zero attached hydrogens (tertiary/aromatic N) is 2. The van der Waals surface area contributed by atoms with Crippen LogP contribution in [0.15, 0.2) is 207 Å². The van der Waals surface area contributed by atoms with Crippen LogP contribution in [0, 0.1) is 22.2 Å². The molecule has 4 atom stereocenters. The van der Waals surface area contributed by atoms with Gasteiger partial charge in [0.2, 0.25) is 0 Å². The van der Waals surface area contributed by atoms with Gasteiger partial charge in [0.15, 0.2) is 0 Å². The first kappa shape index (κ1) is 51.5. The van der Waals surface area contributed by atoms with Crippen LogP contribution in [0.2, 0.25) is 0 Å². The van der Waals surface area contributed by atoms with E-state index in [1.807, 2.05) is 26.0 Å². The summed E-state index contributed by atoms with van der Waals surface area (Å²) in [4.78, 5) is 4.63. The molecule has 2 heterocycles. The van der Waals surface area contributed by atoms with E-state index in [-0.39, 0.29) is 34.6 Å². The van der Waals surface area contributed by atoms with E-state index in [0.29, 0.717) is 29.9 Å². The molecule has 0 bridgehead atoms. The number of benzene rings is 1. The van der Waals surface area contributed by atoms with Crippen LogP contribution in [-0.4, -0.2) is 17.7 Å². The molecule has 74 heavy (non-hydrogen) atoms. The molecule has 0 amide bonds. The molecule has 5 heteroatoms. The number of allylic oxidation sites excluding steroid dienone is 22. The number of hydrogen-bond acceptors (Lipinski definition) is 4. The van der Waals surface area contributed by atoms with E-state index in [4.69, 9.17) is 8.53 Å². The number of nitrogens with one attached hydrogen (secondary N) is 1. The Balaban J connectivity index is 1.71. The second-order valence-electron chi connectivity index (χ2n) is 24.3. The first-order valence-electron chi connectivity index (χ1n) is 29.1. The van der Waals surface area contributed by atoms with Crippen molar-refractivity contribution in [2.75, 3.05) is 4.90 Å². The highest BCUT2D eigenvalue weighted by Crippen LogP contribution is 2.49. The summed E-state index contributed by atoms with van der Waals surface area (Å²) in [6, 6.07) is 4.50. The average Bonchev–Trinajstić information content (AvgIpc) is 3.90. The summed E-state index contributed by atoms with van der Waals surface area (Å²) in [6.07, 6.45) is 42.1. The van der Waals surface area contributed by atoms with Crippen LogP contribution in [0.3, 0.4) is 0 Å². The molecule has 0 spiro atoms. The van der Waals surface area contributed by atoms with E-state index < -0.39 is 6.85 Å². The lowest BCUT2D eigenvalue weighted by atomic mass is 9.34. The second-order valence-corrected chi connectivity index (χ2v) is 24.3. The Hall–Kier alpha value is -5.94. The molecule has 390 valence electrons. The molecule has 0 saturated heterocycles. The minimum absolute atomic E-state index is 0.0540. The van der Waals surface area contributed by atoms with Gasteiger partial charge in [0, 0.05) is 50.6 Å². The van der Waals surface area contributed by atoms with E-state index in [2.05, 4.69) is 216 Å². The standard InChI is InChI=1S/C69H90BN3O/c1-20-30-50(23-4)70-64-60(71-59-37-36-49(67(11,12)13)40-55(59)48-32-28-27-29-33-48)41-52(73(51(24-5)31-21-2)61(26-7)45(8)22-3)42-62(64)72(39-38-58(69(17,18)19)57(25-6)68(14,15)16)65-56-43-53-46(9)34-35-47(10)54(53)44-63(56)74-66(65)70/h20-28,30-32,36-39,41,43-44,46-47,49,62,71H,3,6-7,29,33-35,40,42H2,1-2,4-5,8-19H3/b30-20-,31-21-,39-38+,50-23+,51-24+,58-57-,61-45+/i8D3. The lowest BCUT2D eigenvalue weighted by molar-refractivity contribution is 0.288. The van der Waals surface area contributed by atoms with Crippen molar-refractivity contribution in [2.45, 2.75) is 167 Å². The minimum atomic E-state index is -2.48. The molecule has 1 aromatic heterocycles. The summed E-state index contributed by atoms with van der Waals surface area (Å²) in [5.41, 5.74) is 17.0. The van der Waals surface area contributed by atoms with Crippen molar-refractivity contribution in [3.05, 3.63) is 214 Å². The lowest BCUT2D eigenvalue weighted by Crippen LogP contribution is -2.54. The van der Waals surface area contributed by atoms with Gasteiger partial charge in [-0.05, 0) is 188 Å². The Bertz CT molecular complexity index is 3080. The quantitative estimate of drug-likeness (QED) is 0.151. The molecule has 7 rings (SSSR count). The van der Waals surface area contributed by atoms with Crippen molar-refractivity contribution < 1.29 is 8.53 Å². The Morgan fingerprint density at radius 3 is 2.08 bits per heavy atom. The van der Waals surface area contributed by atoms with Gasteiger partial charge in [0.1, 0.15) is 5.58 Å². The Morgan fingerprint density at radius 2 is 1.53 bits per heavy atom. The number of hydrogen-bond donors (Lipinski definition) is 1. The predicted octanol–water partition coefficient (Wildman–Crippen LogP) is 18.7. The summed E-state index contributed by atoms with van der Waals surface area (Å²) < 4.78 is 34.2. The Labute approximate surface area is 453 Å². The van der Waals surface area contributed by atoms with Gasteiger partial charge in [-0.3, -0.25) is 0 Å². The van der Waals surface area contributed by atoms with Gasteiger partial charge in [-0.2, -0.15) is 0 Å². The van der Waals surface area contributed by atoms with E-state index in [9.17, 15) is 0 Å². The normalized spacial score (nSPS) is 23.5. The molecule has 0 fully saturated rings. The molecule has 5 aliphatic rings. The van der Waals surface area contributed by atoms with Crippen LogP contribution in [0.1, 0.15) is 176 Å². The molecule has 1 aromatic carbocycles. The summed E-state index contributed by atoms with van der Waals surface area (Å²) in [5.74, 6) is 1.16. The summed E-state index contributed by atoms with van der Waals surface area (Å²) in [6.45, 7) is 43.8. The van der Waals surface area contributed by atoms with Crippen molar-refractivity contribution in [3.8, 4) is 0 Å². The van der Waals surface area contributed by atoms with Crippen LogP contribution < -0.4 is 15.9 Å². The monoisotopic (exact) mass is 991 g/mol. The zero-order valence-electron chi connectivity index (χ0n) is 51.0. The maximum atomic E-state index is 8.88. The molecule has 2 aromatic rings.